The van der Waals surface area contributed by atoms with Gasteiger partial charge in [0.25, 0.3) is 0 Å². The highest BCUT2D eigenvalue weighted by Gasteiger charge is 2.27. The molecule has 0 saturated carbocycles. The van der Waals surface area contributed by atoms with Gasteiger partial charge in [-0.25, -0.2) is 0 Å². The molecular weight excluding hydrogens is 420 g/mol. The number of carbonyl (C=O) groups excluding carboxylic acids is 1. The van der Waals surface area contributed by atoms with Gasteiger partial charge in [0.1, 0.15) is 0 Å². The van der Waals surface area contributed by atoms with Crippen LogP contribution in [0.3, 0.4) is 0 Å². The van der Waals surface area contributed by atoms with E-state index in [1.165, 1.54) is 40.6 Å². The Morgan fingerprint density at radius 3 is 1.47 bits per heavy atom. The van der Waals surface area contributed by atoms with Crippen LogP contribution >= 0.6 is 0 Å². The van der Waals surface area contributed by atoms with E-state index < -0.39 is 0 Å². The number of ether oxygens (including phenoxy) is 8. The smallest absolute Gasteiger partial charge is 0.231 e. The van der Waals surface area contributed by atoms with Crippen molar-refractivity contribution < 1.29 is 42.7 Å². The molecule has 0 radical (unpaired) electrons. The number of ketones is 1. The summed E-state index contributed by atoms with van der Waals surface area (Å²) in [7, 11) is 6.08. The fourth-order valence-electron chi connectivity index (χ4n) is 3.44. The van der Waals surface area contributed by atoms with Crippen molar-refractivity contribution in [3.05, 3.63) is 35.4 Å². The van der Waals surface area contributed by atoms with E-state index in [9.17, 15) is 4.79 Å². The fraction of sp³-hybridized carbons (Fsp3) is 0.261. The number of methoxy groups -OCH3 is 4. The Bertz CT molecular complexity index is 1020. The van der Waals surface area contributed by atoms with E-state index >= 15 is 0 Å². The maximum atomic E-state index is 12.5. The van der Waals surface area contributed by atoms with Crippen molar-refractivity contribution in [2.75, 3.05) is 42.0 Å². The first-order chi connectivity index (χ1) is 15.6. The summed E-state index contributed by atoms with van der Waals surface area (Å²) >= 11 is 0. The minimum Gasteiger partial charge on any atom is -0.493 e. The van der Waals surface area contributed by atoms with Crippen LogP contribution in [-0.2, 0) is 4.79 Å². The highest BCUT2D eigenvalue weighted by Crippen LogP contribution is 2.50. The van der Waals surface area contributed by atoms with Gasteiger partial charge in [-0.1, -0.05) is 0 Å². The SMILES string of the molecule is COc1cc(C=CC(=O)C=Cc2cc(OC)c3c(c2OC)OCO3)c(OC)c2c1OCO2. The van der Waals surface area contributed by atoms with Crippen molar-refractivity contribution in [2.45, 2.75) is 0 Å². The predicted molar refractivity (Wildman–Crippen MR) is 114 cm³/mol. The third-order valence-corrected chi connectivity index (χ3v) is 4.89. The number of benzene rings is 2. The number of carbonyl (C=O) groups is 1. The van der Waals surface area contributed by atoms with Crippen LogP contribution in [0.1, 0.15) is 11.1 Å². The Labute approximate surface area is 184 Å². The summed E-state index contributed by atoms with van der Waals surface area (Å²) in [6.45, 7) is 0.134. The monoisotopic (exact) mass is 442 g/mol. The van der Waals surface area contributed by atoms with Gasteiger partial charge in [-0.3, -0.25) is 4.79 Å². The van der Waals surface area contributed by atoms with Gasteiger partial charge in [0.05, 0.1) is 28.4 Å². The summed E-state index contributed by atoms with van der Waals surface area (Å²) in [5.41, 5.74) is 1.22. The molecule has 0 N–H and O–H groups in total. The molecular formula is C23H22O9. The van der Waals surface area contributed by atoms with Crippen LogP contribution in [0.15, 0.2) is 24.3 Å². The first-order valence-electron chi connectivity index (χ1n) is 9.60. The summed E-state index contributed by atoms with van der Waals surface area (Å²) in [6.07, 6.45) is 6.06. The van der Waals surface area contributed by atoms with Crippen molar-refractivity contribution in [1.82, 2.24) is 0 Å². The third-order valence-electron chi connectivity index (χ3n) is 4.89. The first kappa shape index (κ1) is 21.2. The number of rotatable bonds is 8. The third kappa shape index (κ3) is 3.73. The second kappa shape index (κ2) is 9.01. The molecule has 0 unspecified atom stereocenters. The van der Waals surface area contributed by atoms with Crippen LogP contribution < -0.4 is 37.9 Å². The zero-order chi connectivity index (χ0) is 22.7. The molecule has 2 aliphatic heterocycles. The van der Waals surface area contributed by atoms with Crippen molar-refractivity contribution in [1.29, 1.82) is 0 Å². The lowest BCUT2D eigenvalue weighted by Gasteiger charge is -2.11. The second-order valence-electron chi connectivity index (χ2n) is 6.60. The molecule has 0 spiro atoms. The number of allylic oxidation sites excluding steroid dienone is 2. The van der Waals surface area contributed by atoms with Crippen LogP contribution in [0.5, 0.6) is 46.0 Å². The van der Waals surface area contributed by atoms with Crippen LogP contribution in [0.25, 0.3) is 12.2 Å². The van der Waals surface area contributed by atoms with Gasteiger partial charge in [0.2, 0.25) is 36.6 Å². The van der Waals surface area contributed by atoms with Crippen LogP contribution in [0.2, 0.25) is 0 Å². The molecule has 0 saturated heterocycles. The molecule has 0 aliphatic carbocycles. The largest absolute Gasteiger partial charge is 0.493 e. The predicted octanol–water partition coefficient (Wildman–Crippen LogP) is 3.47. The van der Waals surface area contributed by atoms with Crippen molar-refractivity contribution >= 4 is 17.9 Å². The molecule has 2 aliphatic rings. The van der Waals surface area contributed by atoms with Crippen LogP contribution in [-0.4, -0.2) is 47.8 Å². The zero-order valence-corrected chi connectivity index (χ0v) is 18.1. The molecule has 0 bridgehead atoms. The lowest BCUT2D eigenvalue weighted by Crippen LogP contribution is -1.95. The molecule has 2 heterocycles. The minimum absolute atomic E-state index is 0.0672. The Balaban J connectivity index is 1.60. The van der Waals surface area contributed by atoms with E-state index in [1.807, 2.05) is 0 Å². The summed E-state index contributed by atoms with van der Waals surface area (Å²) < 4.78 is 43.5. The van der Waals surface area contributed by atoms with E-state index in [0.29, 0.717) is 57.1 Å². The number of hydrogen-bond donors (Lipinski definition) is 0. The van der Waals surface area contributed by atoms with E-state index in [0.717, 1.165) is 0 Å². The quantitative estimate of drug-likeness (QED) is 0.570. The molecule has 4 rings (SSSR count). The van der Waals surface area contributed by atoms with Gasteiger partial charge in [-0.05, 0) is 36.4 Å². The Morgan fingerprint density at radius 2 is 1.09 bits per heavy atom. The molecule has 32 heavy (non-hydrogen) atoms. The normalized spacial score (nSPS) is 13.6. The lowest BCUT2D eigenvalue weighted by atomic mass is 10.1. The molecule has 0 atom stereocenters. The Morgan fingerprint density at radius 1 is 0.688 bits per heavy atom. The van der Waals surface area contributed by atoms with E-state index in [1.54, 1.807) is 24.3 Å². The molecule has 0 fully saturated rings. The van der Waals surface area contributed by atoms with Gasteiger partial charge in [0, 0.05) is 11.1 Å². The summed E-state index contributed by atoms with van der Waals surface area (Å²) in [4.78, 5) is 12.5. The molecule has 9 heteroatoms. The van der Waals surface area contributed by atoms with Crippen molar-refractivity contribution in [2.24, 2.45) is 0 Å². The zero-order valence-electron chi connectivity index (χ0n) is 18.1. The average molecular weight is 442 g/mol. The van der Waals surface area contributed by atoms with E-state index in [2.05, 4.69) is 0 Å². The topological polar surface area (TPSA) is 90.9 Å². The van der Waals surface area contributed by atoms with E-state index in [-0.39, 0.29) is 19.4 Å². The number of fused-ring (bicyclic) bond motifs is 2. The van der Waals surface area contributed by atoms with Crippen LogP contribution in [0, 0.1) is 0 Å². The Hall–Kier alpha value is -4.01. The molecule has 0 amide bonds. The summed E-state index contributed by atoms with van der Waals surface area (Å²) in [5.74, 6) is 3.42. The average Bonchev–Trinajstić information content (AvgIpc) is 3.49. The lowest BCUT2D eigenvalue weighted by molar-refractivity contribution is -0.110. The van der Waals surface area contributed by atoms with Gasteiger partial charge in [-0.2, -0.15) is 0 Å². The Kier molecular flexibility index (Phi) is 5.98. The highest BCUT2D eigenvalue weighted by atomic mass is 16.7. The van der Waals surface area contributed by atoms with Gasteiger partial charge < -0.3 is 37.9 Å². The molecule has 168 valence electrons. The van der Waals surface area contributed by atoms with Crippen LogP contribution in [0.4, 0.5) is 0 Å². The van der Waals surface area contributed by atoms with Crippen molar-refractivity contribution in [3.63, 3.8) is 0 Å². The maximum Gasteiger partial charge on any atom is 0.231 e. The molecule has 2 aromatic rings. The van der Waals surface area contributed by atoms with Crippen molar-refractivity contribution in [3.8, 4) is 46.0 Å². The second-order valence-corrected chi connectivity index (χ2v) is 6.60. The first-order valence-corrected chi connectivity index (χ1v) is 9.60. The molecule has 0 aromatic heterocycles. The summed E-state index contributed by atoms with van der Waals surface area (Å²) in [5, 5.41) is 0. The number of hydrogen-bond acceptors (Lipinski definition) is 9. The minimum atomic E-state index is -0.262. The summed E-state index contributed by atoms with van der Waals surface area (Å²) in [6, 6.07) is 3.43. The van der Waals surface area contributed by atoms with Gasteiger partial charge in [-0.15, -0.1) is 0 Å². The highest BCUT2D eigenvalue weighted by molar-refractivity contribution is 6.05. The van der Waals surface area contributed by atoms with Gasteiger partial charge in [0.15, 0.2) is 28.8 Å². The van der Waals surface area contributed by atoms with Gasteiger partial charge >= 0.3 is 0 Å². The molecule has 9 nitrogen and oxygen atoms in total. The molecule has 2 aromatic carbocycles. The van der Waals surface area contributed by atoms with E-state index in [4.69, 9.17) is 37.9 Å². The fourth-order valence-corrected chi connectivity index (χ4v) is 3.44. The maximum absolute atomic E-state index is 12.5. The standard InChI is InChI=1S/C23H22O9/c1-25-16-9-13(18(27-3)22-20(16)29-11-31-22)5-7-15(24)8-6-14-10-17(26-2)21-23(19(14)28-4)32-12-30-21/h5-10H,11-12H2,1-4H3.